The summed E-state index contributed by atoms with van der Waals surface area (Å²) >= 11 is 12.2. The molecule has 0 saturated carbocycles. The van der Waals surface area contributed by atoms with Crippen LogP contribution in [0.15, 0.2) is 18.2 Å². The first-order chi connectivity index (χ1) is 11.1. The second-order valence-electron chi connectivity index (χ2n) is 5.86. The maximum atomic E-state index is 12.3. The van der Waals surface area contributed by atoms with Crippen molar-refractivity contribution < 1.29 is 14.3 Å². The van der Waals surface area contributed by atoms with Crippen LogP contribution in [0.25, 0.3) is 0 Å². The minimum absolute atomic E-state index is 0.0922. The fourth-order valence-corrected chi connectivity index (χ4v) is 3.38. The van der Waals surface area contributed by atoms with Gasteiger partial charge in [-0.3, -0.25) is 9.59 Å². The van der Waals surface area contributed by atoms with Gasteiger partial charge in [0.15, 0.2) is 0 Å². The summed E-state index contributed by atoms with van der Waals surface area (Å²) in [6.45, 7) is 1.57. The molecule has 2 aliphatic rings. The average molecular weight is 357 g/mol. The summed E-state index contributed by atoms with van der Waals surface area (Å²) in [5.74, 6) is -0.611. The highest BCUT2D eigenvalue weighted by atomic mass is 35.5. The number of carbonyl (C=O) groups is 2. The van der Waals surface area contributed by atoms with Crippen molar-refractivity contribution in [2.24, 2.45) is 5.92 Å². The molecule has 7 heteroatoms. The molecule has 3 rings (SSSR count). The Labute approximate surface area is 144 Å². The molecule has 2 amide bonds. The number of ether oxygens (including phenoxy) is 1. The molecule has 2 aliphatic heterocycles. The molecule has 2 fully saturated rings. The van der Waals surface area contributed by atoms with Gasteiger partial charge in [-0.25, -0.2) is 0 Å². The topological polar surface area (TPSA) is 58.6 Å². The zero-order chi connectivity index (χ0) is 16.4. The van der Waals surface area contributed by atoms with Gasteiger partial charge in [0.1, 0.15) is 0 Å². The number of rotatable bonds is 4. The summed E-state index contributed by atoms with van der Waals surface area (Å²) in [6.07, 6.45) is 2.27. The van der Waals surface area contributed by atoms with E-state index >= 15 is 0 Å². The molecule has 1 N–H and O–H groups in total. The molecule has 1 aromatic carbocycles. The van der Waals surface area contributed by atoms with Crippen molar-refractivity contribution in [1.82, 2.24) is 5.32 Å². The van der Waals surface area contributed by atoms with Crippen molar-refractivity contribution in [2.45, 2.75) is 25.4 Å². The van der Waals surface area contributed by atoms with Crippen LogP contribution in [-0.2, 0) is 14.3 Å². The summed E-state index contributed by atoms with van der Waals surface area (Å²) in [4.78, 5) is 26.0. The number of amides is 2. The summed E-state index contributed by atoms with van der Waals surface area (Å²) in [5, 5.41) is 3.61. The van der Waals surface area contributed by atoms with E-state index in [1.807, 2.05) is 0 Å². The lowest BCUT2D eigenvalue weighted by Gasteiger charge is -2.19. The monoisotopic (exact) mass is 356 g/mol. The molecule has 0 aliphatic carbocycles. The Hall–Kier alpha value is -1.30. The number of hydrogen-bond donors (Lipinski definition) is 1. The lowest BCUT2D eigenvalue weighted by Crippen LogP contribution is -2.37. The molecule has 5 nitrogen and oxygen atoms in total. The van der Waals surface area contributed by atoms with E-state index in [2.05, 4.69) is 5.32 Å². The zero-order valence-electron chi connectivity index (χ0n) is 12.6. The van der Waals surface area contributed by atoms with E-state index < -0.39 is 0 Å². The van der Waals surface area contributed by atoms with E-state index in [0.717, 1.165) is 19.4 Å². The first-order valence-electron chi connectivity index (χ1n) is 7.70. The van der Waals surface area contributed by atoms with Crippen LogP contribution < -0.4 is 10.2 Å². The van der Waals surface area contributed by atoms with Crippen LogP contribution in [0.5, 0.6) is 0 Å². The lowest BCUT2D eigenvalue weighted by molar-refractivity contribution is -0.126. The van der Waals surface area contributed by atoms with Crippen LogP contribution in [0.4, 0.5) is 5.69 Å². The first kappa shape index (κ1) is 16.6. The van der Waals surface area contributed by atoms with Crippen molar-refractivity contribution in [3.63, 3.8) is 0 Å². The van der Waals surface area contributed by atoms with E-state index in [9.17, 15) is 9.59 Å². The molecule has 0 aromatic heterocycles. The Bertz CT molecular complexity index is 617. The summed E-state index contributed by atoms with van der Waals surface area (Å²) in [6, 6.07) is 5.14. The quantitative estimate of drug-likeness (QED) is 0.901. The molecule has 0 unspecified atom stereocenters. The molecular weight excluding hydrogens is 339 g/mol. The van der Waals surface area contributed by atoms with E-state index in [1.165, 1.54) is 4.90 Å². The minimum Gasteiger partial charge on any atom is -0.376 e. The van der Waals surface area contributed by atoms with E-state index in [0.29, 0.717) is 28.8 Å². The van der Waals surface area contributed by atoms with E-state index in [4.69, 9.17) is 27.9 Å². The van der Waals surface area contributed by atoms with Gasteiger partial charge in [0.05, 0.1) is 27.8 Å². The van der Waals surface area contributed by atoms with Crippen molar-refractivity contribution in [3.05, 3.63) is 28.2 Å². The molecule has 1 aromatic rings. The number of nitrogens with zero attached hydrogens (tertiary/aromatic N) is 1. The van der Waals surface area contributed by atoms with Crippen molar-refractivity contribution in [1.29, 1.82) is 0 Å². The average Bonchev–Trinajstić information content (AvgIpc) is 3.17. The standard InChI is InChI=1S/C16H18Cl2N2O3/c17-12-4-1-5-13(15(12)18)20-9-10(7-14(20)21)16(22)19-8-11-3-2-6-23-11/h1,4-5,10-11H,2-3,6-9H2,(H,19,22)/t10-,11+/m1/s1. The van der Waals surface area contributed by atoms with E-state index in [-0.39, 0.29) is 30.3 Å². The van der Waals surface area contributed by atoms with Crippen LogP contribution >= 0.6 is 23.2 Å². The molecular formula is C16H18Cl2N2O3. The normalized spacial score (nSPS) is 24.3. The largest absolute Gasteiger partial charge is 0.376 e. The highest BCUT2D eigenvalue weighted by Crippen LogP contribution is 2.35. The van der Waals surface area contributed by atoms with Crippen LogP contribution in [-0.4, -0.2) is 37.6 Å². The number of hydrogen-bond acceptors (Lipinski definition) is 3. The van der Waals surface area contributed by atoms with Gasteiger partial charge in [-0.2, -0.15) is 0 Å². The number of anilines is 1. The Balaban J connectivity index is 1.62. The second kappa shape index (κ2) is 7.07. The van der Waals surface area contributed by atoms with Crippen LogP contribution in [0.2, 0.25) is 10.0 Å². The highest BCUT2D eigenvalue weighted by molar-refractivity contribution is 6.44. The predicted octanol–water partition coefficient (Wildman–Crippen LogP) is 2.64. The fraction of sp³-hybridized carbons (Fsp3) is 0.500. The summed E-state index contributed by atoms with van der Waals surface area (Å²) < 4.78 is 5.48. The highest BCUT2D eigenvalue weighted by Gasteiger charge is 2.36. The molecule has 2 saturated heterocycles. The Morgan fingerprint density at radius 2 is 2.22 bits per heavy atom. The first-order valence-corrected chi connectivity index (χ1v) is 8.45. The minimum atomic E-state index is -0.376. The maximum Gasteiger partial charge on any atom is 0.227 e. The SMILES string of the molecule is O=C(NC[C@@H]1CCCO1)[C@@H]1CC(=O)N(c2cccc(Cl)c2Cl)C1. The van der Waals surface area contributed by atoms with Crippen LogP contribution in [0.1, 0.15) is 19.3 Å². The van der Waals surface area contributed by atoms with Gasteiger partial charge in [0.2, 0.25) is 11.8 Å². The number of carbonyl (C=O) groups excluding carboxylic acids is 2. The van der Waals surface area contributed by atoms with Gasteiger partial charge < -0.3 is 15.0 Å². The number of halogens is 2. The van der Waals surface area contributed by atoms with Crippen LogP contribution in [0.3, 0.4) is 0 Å². The van der Waals surface area contributed by atoms with Gasteiger partial charge >= 0.3 is 0 Å². The molecule has 0 spiro atoms. The Morgan fingerprint density at radius 3 is 2.96 bits per heavy atom. The summed E-state index contributed by atoms with van der Waals surface area (Å²) in [5.41, 5.74) is 0.554. The van der Waals surface area contributed by atoms with E-state index in [1.54, 1.807) is 18.2 Å². The van der Waals surface area contributed by atoms with Gasteiger partial charge in [-0.1, -0.05) is 29.3 Å². The fourth-order valence-electron chi connectivity index (χ4n) is 2.98. The Kier molecular flexibility index (Phi) is 5.09. The van der Waals surface area contributed by atoms with Gasteiger partial charge in [0, 0.05) is 26.1 Å². The zero-order valence-corrected chi connectivity index (χ0v) is 14.1. The Morgan fingerprint density at radius 1 is 1.39 bits per heavy atom. The van der Waals surface area contributed by atoms with Crippen molar-refractivity contribution in [2.75, 3.05) is 24.6 Å². The van der Waals surface area contributed by atoms with Gasteiger partial charge in [-0.05, 0) is 25.0 Å². The van der Waals surface area contributed by atoms with Gasteiger partial charge in [0.25, 0.3) is 0 Å². The third-order valence-electron chi connectivity index (χ3n) is 4.25. The number of benzene rings is 1. The van der Waals surface area contributed by atoms with Gasteiger partial charge in [-0.15, -0.1) is 0 Å². The molecule has 2 heterocycles. The summed E-state index contributed by atoms with van der Waals surface area (Å²) in [7, 11) is 0. The molecule has 23 heavy (non-hydrogen) atoms. The predicted molar refractivity (Wildman–Crippen MR) is 88.9 cm³/mol. The van der Waals surface area contributed by atoms with Crippen molar-refractivity contribution >= 4 is 40.7 Å². The van der Waals surface area contributed by atoms with Crippen molar-refractivity contribution in [3.8, 4) is 0 Å². The third-order valence-corrected chi connectivity index (χ3v) is 5.05. The molecule has 2 atom stereocenters. The van der Waals surface area contributed by atoms with Crippen LogP contribution in [0, 0.1) is 5.92 Å². The maximum absolute atomic E-state index is 12.3. The second-order valence-corrected chi connectivity index (χ2v) is 6.64. The third kappa shape index (κ3) is 3.62. The smallest absolute Gasteiger partial charge is 0.227 e. The molecule has 124 valence electrons. The molecule has 0 radical (unpaired) electrons. The number of nitrogens with one attached hydrogen (secondary N) is 1. The molecule has 0 bridgehead atoms. The lowest BCUT2D eigenvalue weighted by atomic mass is 10.1.